The third-order valence-electron chi connectivity index (χ3n) is 3.91. The van der Waals surface area contributed by atoms with Crippen molar-refractivity contribution in [3.05, 3.63) is 18.0 Å². The number of carbonyl (C=O) groups is 2. The Hall–Kier alpha value is -1.87. The molecule has 0 saturated carbocycles. The zero-order valence-corrected chi connectivity index (χ0v) is 14.0. The Kier molecular flexibility index (Phi) is 5.10. The second-order valence-corrected chi connectivity index (χ2v) is 7.72. The number of piperidine rings is 1. The summed E-state index contributed by atoms with van der Waals surface area (Å²) in [4.78, 5) is 24.9. The van der Waals surface area contributed by atoms with E-state index in [2.05, 4.69) is 0 Å². The minimum Gasteiger partial charge on any atom is -0.480 e. The number of carboxylic acid groups (broad SMARTS) is 1. The molecule has 0 atom stereocenters. The number of amides is 1. The summed E-state index contributed by atoms with van der Waals surface area (Å²) in [5.74, 6) is -1.44. The maximum Gasteiger partial charge on any atom is 0.318 e. The van der Waals surface area contributed by atoms with Gasteiger partial charge in [-0.1, -0.05) is 0 Å². The van der Waals surface area contributed by atoms with Crippen molar-refractivity contribution in [2.45, 2.75) is 24.2 Å². The number of hydrogen-bond donors (Lipinski definition) is 1. The predicted molar refractivity (Wildman–Crippen MR) is 82.6 cm³/mol. The third-order valence-corrected chi connectivity index (χ3v) is 5.68. The van der Waals surface area contributed by atoms with Gasteiger partial charge in [-0.2, -0.15) is 4.31 Å². The lowest BCUT2D eigenvalue weighted by molar-refractivity contribution is -0.137. The molecule has 1 aliphatic heterocycles. The van der Waals surface area contributed by atoms with E-state index in [9.17, 15) is 18.0 Å². The molecule has 8 nitrogen and oxygen atoms in total. The Morgan fingerprint density at radius 3 is 2.43 bits per heavy atom. The highest BCUT2D eigenvalue weighted by Gasteiger charge is 2.28. The van der Waals surface area contributed by atoms with Gasteiger partial charge in [-0.05, 0) is 25.3 Å². The lowest BCUT2D eigenvalue weighted by atomic mass is 10.1. The van der Waals surface area contributed by atoms with Crippen LogP contribution in [0.5, 0.6) is 0 Å². The molecule has 0 spiro atoms. The van der Waals surface area contributed by atoms with Gasteiger partial charge in [0.05, 0.1) is 0 Å². The van der Waals surface area contributed by atoms with Gasteiger partial charge in [0, 0.05) is 33.4 Å². The van der Waals surface area contributed by atoms with E-state index in [0.717, 1.165) is 23.6 Å². The molecule has 0 radical (unpaired) electrons. The van der Waals surface area contributed by atoms with Crippen LogP contribution in [0.25, 0.3) is 0 Å². The highest BCUT2D eigenvalue weighted by atomic mass is 32.2. The summed E-state index contributed by atoms with van der Waals surface area (Å²) in [6.45, 7) is 0.711. The minimum absolute atomic E-state index is 0.0795. The number of sulfonamides is 1. The molecular weight excluding hydrogens is 322 g/mol. The lowest BCUT2D eigenvalue weighted by Gasteiger charge is -2.26. The van der Waals surface area contributed by atoms with Crippen LogP contribution in [0.3, 0.4) is 0 Å². The molecule has 1 fully saturated rings. The highest BCUT2D eigenvalue weighted by molar-refractivity contribution is 7.89. The van der Waals surface area contributed by atoms with Gasteiger partial charge in [0.1, 0.15) is 17.1 Å². The Bertz CT molecular complexity index is 704. The maximum atomic E-state index is 12.5. The molecule has 1 aliphatic rings. The van der Waals surface area contributed by atoms with Gasteiger partial charge in [0.15, 0.2) is 0 Å². The summed E-state index contributed by atoms with van der Waals surface area (Å²) in [6.07, 6.45) is 4.33. The van der Waals surface area contributed by atoms with Crippen molar-refractivity contribution in [1.82, 2.24) is 13.8 Å². The molecule has 1 amide bonds. The number of nitrogens with zero attached hydrogens (tertiary/aromatic N) is 3. The number of rotatable bonds is 5. The molecule has 1 aromatic rings. The van der Waals surface area contributed by atoms with Crippen LogP contribution in [-0.4, -0.2) is 65.9 Å². The number of likely N-dealkylation sites (N-methyl/N-ethyl adjacent to an activating group) is 1. The zero-order chi connectivity index (χ0) is 17.2. The monoisotopic (exact) mass is 343 g/mol. The van der Waals surface area contributed by atoms with Crippen molar-refractivity contribution in [2.75, 3.05) is 26.7 Å². The van der Waals surface area contributed by atoms with Crippen LogP contribution in [0.1, 0.15) is 29.8 Å². The van der Waals surface area contributed by atoms with Gasteiger partial charge in [-0.25, -0.2) is 8.42 Å². The first-order chi connectivity index (χ1) is 10.7. The van der Waals surface area contributed by atoms with Crippen molar-refractivity contribution in [2.24, 2.45) is 7.05 Å². The standard InChI is InChI=1S/C14H21N3O5S/c1-15-9-11(23(21,22)16(2)10-13(18)19)8-12(15)14(20)17-6-4-3-5-7-17/h8-9H,3-7,10H2,1-2H3,(H,18,19). The Morgan fingerprint density at radius 1 is 1.26 bits per heavy atom. The Morgan fingerprint density at radius 2 is 1.87 bits per heavy atom. The fourth-order valence-corrected chi connectivity index (χ4v) is 3.79. The van der Waals surface area contributed by atoms with E-state index in [0.29, 0.717) is 13.1 Å². The summed E-state index contributed by atoms with van der Waals surface area (Å²) in [7, 11) is -1.14. The summed E-state index contributed by atoms with van der Waals surface area (Å²) in [6, 6.07) is 1.31. The van der Waals surface area contributed by atoms with Crippen LogP contribution < -0.4 is 0 Å². The van der Waals surface area contributed by atoms with Crippen LogP contribution in [0.2, 0.25) is 0 Å². The molecule has 128 valence electrons. The van der Waals surface area contributed by atoms with Gasteiger partial charge in [-0.3, -0.25) is 9.59 Å². The molecule has 2 rings (SSSR count). The van der Waals surface area contributed by atoms with E-state index >= 15 is 0 Å². The SMILES string of the molecule is CN(CC(=O)O)S(=O)(=O)c1cc(C(=O)N2CCCCC2)n(C)c1. The van der Waals surface area contributed by atoms with Crippen molar-refractivity contribution in [3.63, 3.8) is 0 Å². The van der Waals surface area contributed by atoms with Gasteiger partial charge in [0.2, 0.25) is 10.0 Å². The van der Waals surface area contributed by atoms with Gasteiger partial charge >= 0.3 is 5.97 Å². The van der Waals surface area contributed by atoms with Crippen molar-refractivity contribution < 1.29 is 23.1 Å². The number of aromatic nitrogens is 1. The van der Waals surface area contributed by atoms with Crippen LogP contribution in [0.4, 0.5) is 0 Å². The first kappa shape index (κ1) is 17.5. The molecule has 0 aliphatic carbocycles. The van der Waals surface area contributed by atoms with E-state index in [-0.39, 0.29) is 16.5 Å². The van der Waals surface area contributed by atoms with E-state index in [1.165, 1.54) is 23.9 Å². The number of aryl methyl sites for hydroxylation is 1. The molecule has 1 saturated heterocycles. The predicted octanol–water partition coefficient (Wildman–Crippen LogP) is 0.356. The second-order valence-electron chi connectivity index (χ2n) is 5.68. The largest absolute Gasteiger partial charge is 0.480 e. The summed E-state index contributed by atoms with van der Waals surface area (Å²) in [5, 5.41) is 8.74. The zero-order valence-electron chi connectivity index (χ0n) is 13.2. The van der Waals surface area contributed by atoms with Crippen LogP contribution in [0, 0.1) is 0 Å². The smallest absolute Gasteiger partial charge is 0.318 e. The molecule has 0 bridgehead atoms. The molecule has 0 aromatic carbocycles. The van der Waals surface area contributed by atoms with Crippen LogP contribution in [0.15, 0.2) is 17.2 Å². The normalized spacial score (nSPS) is 15.9. The molecule has 23 heavy (non-hydrogen) atoms. The molecule has 1 N–H and O–H groups in total. The fraction of sp³-hybridized carbons (Fsp3) is 0.571. The molecule has 1 aromatic heterocycles. The second kappa shape index (κ2) is 6.71. The van der Waals surface area contributed by atoms with Crippen molar-refractivity contribution >= 4 is 21.9 Å². The van der Waals surface area contributed by atoms with Gasteiger partial charge < -0.3 is 14.6 Å². The van der Waals surface area contributed by atoms with Crippen LogP contribution in [-0.2, 0) is 21.9 Å². The average Bonchev–Trinajstić information content (AvgIpc) is 2.89. The first-order valence-corrected chi connectivity index (χ1v) is 8.81. The number of carboxylic acids is 1. The first-order valence-electron chi connectivity index (χ1n) is 7.37. The quantitative estimate of drug-likeness (QED) is 0.832. The van der Waals surface area contributed by atoms with E-state index in [4.69, 9.17) is 5.11 Å². The average molecular weight is 343 g/mol. The maximum absolute atomic E-state index is 12.5. The van der Waals surface area contributed by atoms with Crippen molar-refractivity contribution in [3.8, 4) is 0 Å². The third kappa shape index (κ3) is 3.73. The summed E-state index contributed by atoms with van der Waals surface area (Å²) in [5.41, 5.74) is 0.286. The van der Waals surface area contributed by atoms with Crippen LogP contribution >= 0.6 is 0 Å². The number of likely N-dealkylation sites (tertiary alicyclic amines) is 1. The fourth-order valence-electron chi connectivity index (χ4n) is 2.60. The van der Waals surface area contributed by atoms with E-state index < -0.39 is 22.5 Å². The van der Waals surface area contributed by atoms with Gasteiger partial charge in [0.25, 0.3) is 5.91 Å². The van der Waals surface area contributed by atoms with Gasteiger partial charge in [-0.15, -0.1) is 0 Å². The molecule has 2 heterocycles. The lowest BCUT2D eigenvalue weighted by Crippen LogP contribution is -2.36. The Labute approximate surface area is 135 Å². The molecular formula is C14H21N3O5S. The number of aliphatic carboxylic acids is 1. The van der Waals surface area contributed by atoms with E-state index in [1.807, 2.05) is 0 Å². The Balaban J connectivity index is 2.26. The minimum atomic E-state index is -3.94. The van der Waals surface area contributed by atoms with E-state index in [1.54, 1.807) is 11.9 Å². The molecule has 9 heteroatoms. The topological polar surface area (TPSA) is 99.9 Å². The number of hydrogen-bond acceptors (Lipinski definition) is 4. The summed E-state index contributed by atoms with van der Waals surface area (Å²) >= 11 is 0. The summed E-state index contributed by atoms with van der Waals surface area (Å²) < 4.78 is 26.9. The number of carbonyl (C=O) groups excluding carboxylic acids is 1. The van der Waals surface area contributed by atoms with Crippen molar-refractivity contribution in [1.29, 1.82) is 0 Å². The highest BCUT2D eigenvalue weighted by Crippen LogP contribution is 2.20. The molecule has 0 unspecified atom stereocenters.